The number of aliphatic hydroxyl groups excluding tert-OH is 1. The highest BCUT2D eigenvalue weighted by Crippen LogP contribution is 2.31. The quantitative estimate of drug-likeness (QED) is 0.698. The fourth-order valence-corrected chi connectivity index (χ4v) is 3.27. The number of benzene rings is 1. The van der Waals surface area contributed by atoms with Gasteiger partial charge in [0.1, 0.15) is 0 Å². The average molecular weight is 357 g/mol. The fourth-order valence-electron chi connectivity index (χ4n) is 2.89. The first-order valence-electron chi connectivity index (χ1n) is 7.99. The molecule has 0 radical (unpaired) electrons. The van der Waals surface area contributed by atoms with Crippen LogP contribution in [0.3, 0.4) is 0 Å². The van der Waals surface area contributed by atoms with Crippen molar-refractivity contribution in [2.45, 2.75) is 52.6 Å². The molecule has 1 atom stereocenters. The summed E-state index contributed by atoms with van der Waals surface area (Å²) in [5, 5.41) is 13.0. The summed E-state index contributed by atoms with van der Waals surface area (Å²) in [4.78, 5) is 2.36. The average Bonchev–Trinajstić information content (AvgIpc) is 2.48. The van der Waals surface area contributed by atoms with E-state index in [1.54, 1.807) is 0 Å². The Bertz CT molecular complexity index is 421. The molecule has 1 unspecified atom stereocenters. The summed E-state index contributed by atoms with van der Waals surface area (Å²) in [6.07, 6.45) is 2.17. The van der Waals surface area contributed by atoms with Crippen LogP contribution >= 0.6 is 15.9 Å². The van der Waals surface area contributed by atoms with E-state index in [-0.39, 0.29) is 12.6 Å². The molecule has 1 aromatic carbocycles. The Morgan fingerprint density at radius 2 is 1.90 bits per heavy atom. The van der Waals surface area contributed by atoms with Crippen molar-refractivity contribution in [3.8, 4) is 0 Å². The van der Waals surface area contributed by atoms with E-state index in [9.17, 15) is 5.11 Å². The van der Waals surface area contributed by atoms with E-state index in [0.29, 0.717) is 12.6 Å². The largest absolute Gasteiger partial charge is 0.395 e. The van der Waals surface area contributed by atoms with E-state index in [2.05, 4.69) is 72.0 Å². The Balaban J connectivity index is 3.22. The molecule has 0 fully saturated rings. The van der Waals surface area contributed by atoms with Crippen LogP contribution < -0.4 is 10.2 Å². The molecule has 2 N–H and O–H groups in total. The molecular formula is C17H29BrN2O. The van der Waals surface area contributed by atoms with Crippen LogP contribution in [0.1, 0.15) is 52.1 Å². The number of hydrogen-bond donors (Lipinski definition) is 2. The first-order chi connectivity index (χ1) is 10.1. The second-order valence-corrected chi connectivity index (χ2v) is 6.29. The van der Waals surface area contributed by atoms with Crippen LogP contribution in [0, 0.1) is 0 Å². The third-order valence-electron chi connectivity index (χ3n) is 4.00. The molecule has 0 spiro atoms. The molecule has 120 valence electrons. The van der Waals surface area contributed by atoms with Gasteiger partial charge >= 0.3 is 0 Å². The summed E-state index contributed by atoms with van der Waals surface area (Å²) >= 11 is 3.58. The standard InChI is InChI=1S/C17H29BrN2O/c1-5-15(6-2)20(10-11-21)17-9-8-14(18)12-16(17)13(4)19-7-3/h8-9,12-13,15,19,21H,5-7,10-11H2,1-4H3. The smallest absolute Gasteiger partial charge is 0.0606 e. The van der Waals surface area contributed by atoms with Gasteiger partial charge < -0.3 is 15.3 Å². The van der Waals surface area contributed by atoms with E-state index in [1.807, 2.05) is 0 Å². The normalized spacial score (nSPS) is 12.7. The number of nitrogens with one attached hydrogen (secondary N) is 1. The number of anilines is 1. The lowest BCUT2D eigenvalue weighted by molar-refractivity contribution is 0.295. The second kappa shape index (κ2) is 9.44. The molecule has 1 rings (SSSR count). The summed E-state index contributed by atoms with van der Waals surface area (Å²) < 4.78 is 1.10. The van der Waals surface area contributed by atoms with Gasteiger partial charge in [-0.15, -0.1) is 0 Å². The van der Waals surface area contributed by atoms with Crippen molar-refractivity contribution < 1.29 is 5.11 Å². The van der Waals surface area contributed by atoms with Gasteiger partial charge in [-0.2, -0.15) is 0 Å². The van der Waals surface area contributed by atoms with Gasteiger partial charge in [0.15, 0.2) is 0 Å². The van der Waals surface area contributed by atoms with Crippen molar-refractivity contribution in [2.75, 3.05) is 24.6 Å². The van der Waals surface area contributed by atoms with Gasteiger partial charge in [0.25, 0.3) is 0 Å². The maximum Gasteiger partial charge on any atom is 0.0606 e. The Hall–Kier alpha value is -0.580. The zero-order valence-corrected chi connectivity index (χ0v) is 15.3. The maximum absolute atomic E-state index is 9.46. The van der Waals surface area contributed by atoms with Gasteiger partial charge in [-0.25, -0.2) is 0 Å². The molecule has 0 amide bonds. The summed E-state index contributed by atoms with van der Waals surface area (Å²) in [6, 6.07) is 7.20. The van der Waals surface area contributed by atoms with E-state index in [4.69, 9.17) is 0 Å². The summed E-state index contributed by atoms with van der Waals surface area (Å²) in [6.45, 7) is 10.6. The van der Waals surface area contributed by atoms with Crippen molar-refractivity contribution in [3.05, 3.63) is 28.2 Å². The predicted octanol–water partition coefficient (Wildman–Crippen LogP) is 4.11. The van der Waals surface area contributed by atoms with E-state index in [1.165, 1.54) is 11.3 Å². The Kier molecular flexibility index (Phi) is 8.30. The monoisotopic (exact) mass is 356 g/mol. The van der Waals surface area contributed by atoms with Crippen LogP contribution in [0.5, 0.6) is 0 Å². The fraction of sp³-hybridized carbons (Fsp3) is 0.647. The number of aliphatic hydroxyl groups is 1. The van der Waals surface area contributed by atoms with Gasteiger partial charge in [0.2, 0.25) is 0 Å². The van der Waals surface area contributed by atoms with Crippen molar-refractivity contribution in [1.29, 1.82) is 0 Å². The molecule has 0 heterocycles. The van der Waals surface area contributed by atoms with Crippen molar-refractivity contribution in [2.24, 2.45) is 0 Å². The summed E-state index contributed by atoms with van der Waals surface area (Å²) in [7, 11) is 0. The maximum atomic E-state index is 9.46. The molecular weight excluding hydrogens is 328 g/mol. The minimum Gasteiger partial charge on any atom is -0.395 e. The molecule has 0 aliphatic rings. The molecule has 0 aromatic heterocycles. The van der Waals surface area contributed by atoms with E-state index < -0.39 is 0 Å². The van der Waals surface area contributed by atoms with E-state index >= 15 is 0 Å². The minimum absolute atomic E-state index is 0.182. The molecule has 4 heteroatoms. The number of rotatable bonds is 9. The van der Waals surface area contributed by atoms with Gasteiger partial charge in [-0.05, 0) is 50.1 Å². The molecule has 21 heavy (non-hydrogen) atoms. The Labute approximate surface area is 137 Å². The molecule has 0 aliphatic carbocycles. The highest BCUT2D eigenvalue weighted by Gasteiger charge is 2.20. The third kappa shape index (κ3) is 4.97. The van der Waals surface area contributed by atoms with Gasteiger partial charge in [-0.3, -0.25) is 0 Å². The van der Waals surface area contributed by atoms with E-state index in [0.717, 1.165) is 23.9 Å². The highest BCUT2D eigenvalue weighted by molar-refractivity contribution is 9.10. The van der Waals surface area contributed by atoms with Gasteiger partial charge in [0.05, 0.1) is 6.61 Å². The number of nitrogens with zero attached hydrogens (tertiary/aromatic N) is 1. The SMILES string of the molecule is CCNC(C)c1cc(Br)ccc1N(CCO)C(CC)CC. The Morgan fingerprint density at radius 3 is 2.43 bits per heavy atom. The van der Waals surface area contributed by atoms with Crippen molar-refractivity contribution in [1.82, 2.24) is 5.32 Å². The third-order valence-corrected chi connectivity index (χ3v) is 4.49. The molecule has 3 nitrogen and oxygen atoms in total. The molecule has 1 aromatic rings. The first-order valence-corrected chi connectivity index (χ1v) is 8.78. The van der Waals surface area contributed by atoms with Crippen molar-refractivity contribution in [3.63, 3.8) is 0 Å². The minimum atomic E-state index is 0.182. The van der Waals surface area contributed by atoms with Crippen LogP contribution in [-0.2, 0) is 0 Å². The number of halogens is 1. The first kappa shape index (κ1) is 18.5. The van der Waals surface area contributed by atoms with Crippen LogP contribution in [0.15, 0.2) is 22.7 Å². The van der Waals surface area contributed by atoms with Gasteiger partial charge in [0, 0.05) is 28.8 Å². The van der Waals surface area contributed by atoms with Crippen LogP contribution in [0.2, 0.25) is 0 Å². The lowest BCUT2D eigenvalue weighted by atomic mass is 10.0. The summed E-state index contributed by atoms with van der Waals surface area (Å²) in [5.74, 6) is 0. The molecule has 0 aliphatic heterocycles. The lowest BCUT2D eigenvalue weighted by Gasteiger charge is -2.35. The van der Waals surface area contributed by atoms with Crippen molar-refractivity contribution >= 4 is 21.6 Å². The second-order valence-electron chi connectivity index (χ2n) is 5.37. The number of hydrogen-bond acceptors (Lipinski definition) is 3. The summed E-state index contributed by atoms with van der Waals surface area (Å²) in [5.41, 5.74) is 2.51. The lowest BCUT2D eigenvalue weighted by Crippen LogP contribution is -2.38. The van der Waals surface area contributed by atoms with Gasteiger partial charge in [-0.1, -0.05) is 36.7 Å². The zero-order valence-electron chi connectivity index (χ0n) is 13.7. The predicted molar refractivity (Wildman–Crippen MR) is 95.0 cm³/mol. The molecule has 0 saturated carbocycles. The van der Waals surface area contributed by atoms with Crippen LogP contribution in [0.4, 0.5) is 5.69 Å². The Morgan fingerprint density at radius 1 is 1.24 bits per heavy atom. The highest BCUT2D eigenvalue weighted by atomic mass is 79.9. The van der Waals surface area contributed by atoms with Crippen LogP contribution in [0.25, 0.3) is 0 Å². The topological polar surface area (TPSA) is 35.5 Å². The van der Waals surface area contributed by atoms with Crippen LogP contribution in [-0.4, -0.2) is 30.8 Å². The molecule has 0 saturated heterocycles. The zero-order chi connectivity index (χ0) is 15.8. The molecule has 0 bridgehead atoms.